The van der Waals surface area contributed by atoms with Crippen LogP contribution in [0, 0.1) is 11.3 Å². The molecule has 0 bridgehead atoms. The molecule has 1 aliphatic heterocycles. The van der Waals surface area contributed by atoms with Crippen molar-refractivity contribution in [3.05, 3.63) is 52.7 Å². The highest BCUT2D eigenvalue weighted by atomic mass is 35.5. The number of hydrogen-bond acceptors (Lipinski definition) is 7. The smallest absolute Gasteiger partial charge is 0.411 e. The second-order valence-electron chi connectivity index (χ2n) is 11.1. The molecule has 38 heavy (non-hydrogen) atoms. The maximum atomic E-state index is 13.6. The van der Waals surface area contributed by atoms with Crippen LogP contribution in [0.5, 0.6) is 5.75 Å². The largest absolute Gasteiger partial charge is 0.496 e. The summed E-state index contributed by atoms with van der Waals surface area (Å²) in [6, 6.07) is 6.77. The lowest BCUT2D eigenvalue weighted by atomic mass is 9.72. The molecule has 0 aliphatic carbocycles. The van der Waals surface area contributed by atoms with Gasteiger partial charge in [0, 0.05) is 54.9 Å². The normalized spacial score (nSPS) is 21.5. The fraction of sp³-hybridized carbons (Fsp3) is 0.536. The monoisotopic (exact) mass is 546 g/mol. The van der Waals surface area contributed by atoms with Gasteiger partial charge in [0.25, 0.3) is 0 Å². The summed E-state index contributed by atoms with van der Waals surface area (Å²) in [7, 11) is 5.33. The first kappa shape index (κ1) is 29.5. The van der Waals surface area contributed by atoms with Crippen molar-refractivity contribution < 1.29 is 24.2 Å². The van der Waals surface area contributed by atoms with Crippen molar-refractivity contribution in [1.29, 1.82) is 0 Å². The van der Waals surface area contributed by atoms with Crippen molar-refractivity contribution >= 4 is 29.5 Å². The Morgan fingerprint density at radius 3 is 2.47 bits per heavy atom. The summed E-state index contributed by atoms with van der Waals surface area (Å²) in [6.07, 6.45) is 0.584. The number of pyridine rings is 1. The number of nitrogens with one attached hydrogen (secondary N) is 1. The minimum atomic E-state index is -1.14. The van der Waals surface area contributed by atoms with E-state index in [0.717, 1.165) is 11.1 Å². The van der Waals surface area contributed by atoms with Crippen molar-refractivity contribution in [3.8, 4) is 5.75 Å². The van der Waals surface area contributed by atoms with E-state index in [0.29, 0.717) is 23.1 Å². The van der Waals surface area contributed by atoms with Gasteiger partial charge in [0.15, 0.2) is 0 Å². The molecular weight excluding hydrogens is 508 g/mol. The molecule has 4 atom stereocenters. The van der Waals surface area contributed by atoms with Gasteiger partial charge in [0.1, 0.15) is 17.6 Å². The summed E-state index contributed by atoms with van der Waals surface area (Å²) < 4.78 is 11.2. The molecule has 1 amide bonds. The molecule has 1 aromatic heterocycles. The number of carboxylic acid groups (broad SMARTS) is 1. The van der Waals surface area contributed by atoms with Gasteiger partial charge >= 0.3 is 12.1 Å². The Morgan fingerprint density at radius 1 is 1.24 bits per heavy atom. The highest BCUT2D eigenvalue weighted by molar-refractivity contribution is 6.30. The molecule has 1 fully saturated rings. The number of amides is 1. The van der Waals surface area contributed by atoms with Gasteiger partial charge < -0.3 is 24.8 Å². The molecule has 1 saturated heterocycles. The zero-order valence-corrected chi connectivity index (χ0v) is 24.1. The third-order valence-electron chi connectivity index (χ3n) is 6.80. The number of benzene rings is 1. The van der Waals surface area contributed by atoms with Gasteiger partial charge in [-0.15, -0.1) is 0 Å². The van der Waals surface area contributed by atoms with E-state index in [2.05, 4.69) is 10.3 Å². The molecule has 208 valence electrons. The Morgan fingerprint density at radius 2 is 1.92 bits per heavy atom. The van der Waals surface area contributed by atoms with Crippen LogP contribution < -0.4 is 15.0 Å². The number of carboxylic acids is 1. The van der Waals surface area contributed by atoms with Crippen LogP contribution in [0.2, 0.25) is 5.02 Å². The van der Waals surface area contributed by atoms with Crippen LogP contribution >= 0.6 is 11.6 Å². The summed E-state index contributed by atoms with van der Waals surface area (Å²) in [5.41, 5.74) is 1.05. The fourth-order valence-corrected chi connectivity index (χ4v) is 5.59. The van der Waals surface area contributed by atoms with E-state index in [1.54, 1.807) is 45.4 Å². The SMILES string of the molecule is COc1ccc(Cl)cc1CN[C@H]1[C@H](C(C)(C)C)[C@@H](C(=O)O)N(C(=O)OC(C)C)[C@H]1c1cccnc1N(C)C. The number of anilines is 1. The average Bonchev–Trinajstić information content (AvgIpc) is 3.18. The molecule has 2 heterocycles. The third-order valence-corrected chi connectivity index (χ3v) is 7.03. The average molecular weight is 547 g/mol. The Kier molecular flexibility index (Phi) is 9.15. The van der Waals surface area contributed by atoms with Crippen LogP contribution in [0.4, 0.5) is 10.6 Å². The molecule has 9 nitrogen and oxygen atoms in total. The van der Waals surface area contributed by atoms with E-state index in [1.807, 2.05) is 51.9 Å². The van der Waals surface area contributed by atoms with Gasteiger partial charge in [-0.25, -0.2) is 14.6 Å². The maximum Gasteiger partial charge on any atom is 0.411 e. The van der Waals surface area contributed by atoms with E-state index in [-0.39, 0.29) is 0 Å². The number of aromatic nitrogens is 1. The van der Waals surface area contributed by atoms with Gasteiger partial charge in [0.05, 0.1) is 19.3 Å². The molecule has 10 heteroatoms. The summed E-state index contributed by atoms with van der Waals surface area (Å²) in [6.45, 7) is 9.81. The summed E-state index contributed by atoms with van der Waals surface area (Å²) >= 11 is 6.28. The number of hydrogen-bond donors (Lipinski definition) is 2. The van der Waals surface area contributed by atoms with Gasteiger partial charge in [-0.1, -0.05) is 38.4 Å². The van der Waals surface area contributed by atoms with Crippen LogP contribution in [0.3, 0.4) is 0 Å². The highest BCUT2D eigenvalue weighted by Gasteiger charge is 2.59. The number of halogens is 1. The van der Waals surface area contributed by atoms with Crippen LogP contribution in [-0.2, 0) is 16.1 Å². The lowest BCUT2D eigenvalue weighted by Gasteiger charge is -2.35. The summed E-state index contributed by atoms with van der Waals surface area (Å²) in [5, 5.41) is 14.7. The predicted molar refractivity (Wildman–Crippen MR) is 148 cm³/mol. The molecule has 2 aromatic rings. The zero-order valence-electron chi connectivity index (χ0n) is 23.4. The molecule has 0 spiro atoms. The van der Waals surface area contributed by atoms with Crippen LogP contribution in [0.1, 0.15) is 51.8 Å². The minimum Gasteiger partial charge on any atom is -0.496 e. The summed E-state index contributed by atoms with van der Waals surface area (Å²) in [5.74, 6) is -0.267. The van der Waals surface area contributed by atoms with E-state index >= 15 is 0 Å². The number of nitrogens with zero attached hydrogens (tertiary/aromatic N) is 3. The minimum absolute atomic E-state index is 0.342. The number of ether oxygens (including phenoxy) is 2. The second kappa shape index (κ2) is 11.8. The molecule has 2 N–H and O–H groups in total. The van der Waals surface area contributed by atoms with Crippen molar-refractivity contribution in [2.75, 3.05) is 26.1 Å². The number of carbonyl (C=O) groups excluding carboxylic acids is 1. The van der Waals surface area contributed by atoms with Gasteiger partial charge in [-0.3, -0.25) is 4.90 Å². The molecule has 1 aliphatic rings. The van der Waals surface area contributed by atoms with Crippen LogP contribution in [-0.4, -0.2) is 66.4 Å². The molecule has 0 unspecified atom stereocenters. The molecule has 1 aromatic carbocycles. The van der Waals surface area contributed by atoms with Crippen LogP contribution in [0.25, 0.3) is 0 Å². The first-order chi connectivity index (χ1) is 17.8. The molecular formula is C28H39ClN4O5. The Bertz CT molecular complexity index is 1150. The second-order valence-corrected chi connectivity index (χ2v) is 11.6. The van der Waals surface area contributed by atoms with E-state index < -0.39 is 47.6 Å². The Labute approximate surface area is 230 Å². The Hall–Kier alpha value is -3.04. The van der Waals surface area contributed by atoms with Crippen molar-refractivity contribution in [3.63, 3.8) is 0 Å². The number of aliphatic carboxylic acids is 1. The van der Waals surface area contributed by atoms with Gasteiger partial charge in [-0.05, 0) is 43.5 Å². The third kappa shape index (κ3) is 6.15. The highest BCUT2D eigenvalue weighted by Crippen LogP contribution is 2.49. The van der Waals surface area contributed by atoms with Gasteiger partial charge in [-0.2, -0.15) is 0 Å². The standard InChI is InChI=1S/C28H39ClN4O5/c1-16(2)38-27(36)33-23(19-10-9-13-30-25(19)32(6)7)22(21(28(3,4)5)24(33)26(34)35)31-15-17-14-18(29)11-12-20(17)37-8/h9-14,16,21-24,31H,15H2,1-8H3,(H,34,35)/t21-,22-,23-,24-/m0/s1. The van der Waals surface area contributed by atoms with Crippen molar-refractivity contribution in [1.82, 2.24) is 15.2 Å². The quantitative estimate of drug-likeness (QED) is 0.477. The van der Waals surface area contributed by atoms with Gasteiger partial charge in [0.2, 0.25) is 0 Å². The topological polar surface area (TPSA) is 104 Å². The number of likely N-dealkylation sites (tertiary alicyclic amines) is 1. The van der Waals surface area contributed by atoms with E-state index in [1.165, 1.54) is 4.90 Å². The van der Waals surface area contributed by atoms with Crippen LogP contribution in [0.15, 0.2) is 36.5 Å². The van der Waals surface area contributed by atoms with E-state index in [4.69, 9.17) is 21.1 Å². The number of methoxy groups -OCH3 is 1. The molecule has 0 radical (unpaired) electrons. The van der Waals surface area contributed by atoms with E-state index in [9.17, 15) is 14.7 Å². The predicted octanol–water partition coefficient (Wildman–Crippen LogP) is 4.99. The first-order valence-electron chi connectivity index (χ1n) is 12.7. The molecule has 0 saturated carbocycles. The number of carbonyl (C=O) groups is 2. The fourth-order valence-electron chi connectivity index (χ4n) is 5.40. The maximum absolute atomic E-state index is 13.6. The zero-order chi connectivity index (χ0) is 28.4. The lowest BCUT2D eigenvalue weighted by molar-refractivity contribution is -0.144. The first-order valence-corrected chi connectivity index (χ1v) is 13.1. The molecule has 3 rings (SSSR count). The van der Waals surface area contributed by atoms with Crippen molar-refractivity contribution in [2.24, 2.45) is 11.3 Å². The summed E-state index contributed by atoms with van der Waals surface area (Å²) in [4.78, 5) is 34.3. The Balaban J connectivity index is 2.23. The lowest BCUT2D eigenvalue weighted by Crippen LogP contribution is -2.48. The van der Waals surface area contributed by atoms with Crippen molar-refractivity contribution in [2.45, 2.75) is 65.4 Å². The number of rotatable bonds is 8.